The number of carbonyl (C=O) groups is 2. The zero-order valence-corrected chi connectivity index (χ0v) is 46.8. The van der Waals surface area contributed by atoms with Gasteiger partial charge in [-0.2, -0.15) is 0 Å². The van der Waals surface area contributed by atoms with Crippen LogP contribution in [0.1, 0.15) is 141 Å². The Bertz CT molecular complexity index is 3300. The third-order valence-electron chi connectivity index (χ3n) is 15.6. The molecule has 0 radical (unpaired) electrons. The van der Waals surface area contributed by atoms with Crippen LogP contribution in [0.25, 0.3) is 21.5 Å². The van der Waals surface area contributed by atoms with Crippen LogP contribution in [0.2, 0.25) is 0 Å². The highest BCUT2D eigenvalue weighted by molar-refractivity contribution is 6.18. The summed E-state index contributed by atoms with van der Waals surface area (Å²) in [4.78, 5) is 32.4. The molecule has 2 aliphatic carbocycles. The summed E-state index contributed by atoms with van der Waals surface area (Å²) in [6, 6.07) is 28.2. The number of aryl methyl sites for hydroxylation is 7. The number of hydrogen-bond acceptors (Lipinski definition) is 8. The van der Waals surface area contributed by atoms with Gasteiger partial charge in [0.25, 0.3) is 0 Å². The number of anilines is 2. The molecule has 3 unspecified atom stereocenters. The van der Waals surface area contributed by atoms with Crippen LogP contribution in [-0.2, 0) is 20.4 Å². The van der Waals surface area contributed by atoms with E-state index in [1.54, 1.807) is 0 Å². The second kappa shape index (κ2) is 20.6. The van der Waals surface area contributed by atoms with Crippen molar-refractivity contribution >= 4 is 68.3 Å². The van der Waals surface area contributed by atoms with E-state index in [-0.39, 0.29) is 36.2 Å². The summed E-state index contributed by atoms with van der Waals surface area (Å²) in [5, 5.41) is 12.0. The molecular weight excluding hydrogens is 901 g/mol. The van der Waals surface area contributed by atoms with Crippen molar-refractivity contribution in [3.8, 4) is 11.5 Å². The van der Waals surface area contributed by atoms with Gasteiger partial charge in [-0.15, -0.1) is 0 Å². The molecule has 4 heterocycles. The predicted octanol–water partition coefficient (Wildman–Crippen LogP) is 17.0. The summed E-state index contributed by atoms with van der Waals surface area (Å²) in [6.07, 6.45) is 8.66. The molecule has 6 aliphatic rings. The van der Waals surface area contributed by atoms with E-state index in [1.807, 2.05) is 79.1 Å². The maximum absolute atomic E-state index is 11.3. The molecule has 8 nitrogen and oxygen atoms in total. The normalized spacial score (nSPS) is 21.1. The molecule has 2 N–H and O–H groups in total. The Morgan fingerprint density at radius 1 is 0.603 bits per heavy atom. The molecule has 4 aliphatic heterocycles. The van der Waals surface area contributed by atoms with Crippen LogP contribution in [0.3, 0.4) is 0 Å². The topological polar surface area (TPSA) is 101 Å². The first-order valence-corrected chi connectivity index (χ1v) is 26.5. The van der Waals surface area contributed by atoms with Crippen molar-refractivity contribution in [1.29, 1.82) is 0 Å². The number of nitrogens with zero attached hydrogens (tertiary/aromatic N) is 2. The molecular formula is C65H80N4O4. The van der Waals surface area contributed by atoms with Gasteiger partial charge in [-0.1, -0.05) is 114 Å². The molecule has 384 valence electrons. The molecule has 12 rings (SSSR count). The molecule has 1 fully saturated rings. The smallest absolute Gasteiger partial charge is 0.226 e. The van der Waals surface area contributed by atoms with E-state index in [2.05, 4.69) is 160 Å². The van der Waals surface area contributed by atoms with Crippen molar-refractivity contribution in [1.82, 2.24) is 0 Å². The van der Waals surface area contributed by atoms with Gasteiger partial charge < -0.3 is 20.1 Å². The first-order chi connectivity index (χ1) is 34.7. The quantitative estimate of drug-likeness (QED) is 0.147. The molecule has 6 aromatic carbocycles. The number of ketones is 2. The summed E-state index contributed by atoms with van der Waals surface area (Å²) in [5.41, 5.74) is 15.4. The highest BCUT2D eigenvalue weighted by Crippen LogP contribution is 2.54. The van der Waals surface area contributed by atoms with Crippen molar-refractivity contribution in [3.05, 3.63) is 152 Å². The molecule has 0 saturated heterocycles. The number of ether oxygens (including phenoxy) is 2. The molecule has 0 bridgehead atoms. The summed E-state index contributed by atoms with van der Waals surface area (Å²) < 4.78 is 13.5. The van der Waals surface area contributed by atoms with Crippen molar-refractivity contribution in [2.45, 2.75) is 160 Å². The Labute approximate surface area is 437 Å². The van der Waals surface area contributed by atoms with Crippen LogP contribution in [0.4, 0.5) is 22.7 Å². The lowest BCUT2D eigenvalue weighted by atomic mass is 9.77. The molecule has 0 aromatic heterocycles. The number of allylic oxidation sites excluding steroid dienone is 4. The van der Waals surface area contributed by atoms with Gasteiger partial charge in [0.05, 0.1) is 35.6 Å². The number of nitrogens with one attached hydrogen (secondary N) is 2. The Morgan fingerprint density at radius 3 is 1.78 bits per heavy atom. The largest absolute Gasteiger partial charge is 0.460 e. The lowest BCUT2D eigenvalue weighted by molar-refractivity contribution is -0.122. The molecule has 1 saturated carbocycles. The van der Waals surface area contributed by atoms with Crippen LogP contribution in [0.5, 0.6) is 11.5 Å². The van der Waals surface area contributed by atoms with Gasteiger partial charge in [0.2, 0.25) is 11.4 Å². The van der Waals surface area contributed by atoms with E-state index in [0.29, 0.717) is 0 Å². The van der Waals surface area contributed by atoms with Gasteiger partial charge in [-0.3, -0.25) is 19.6 Å². The van der Waals surface area contributed by atoms with Crippen molar-refractivity contribution in [3.63, 3.8) is 0 Å². The van der Waals surface area contributed by atoms with Gasteiger partial charge in [-0.25, -0.2) is 0 Å². The molecule has 2 spiro atoms. The predicted molar refractivity (Wildman–Crippen MR) is 311 cm³/mol. The first kappa shape index (κ1) is 54.0. The highest BCUT2D eigenvalue weighted by Gasteiger charge is 2.56. The number of hydrogen-bond donors (Lipinski definition) is 2. The number of benzene rings is 6. The Balaban J connectivity index is 0.000000181. The number of aliphatic imine (C=N–C) groups is 2. The van der Waals surface area contributed by atoms with Gasteiger partial charge >= 0.3 is 0 Å². The van der Waals surface area contributed by atoms with Gasteiger partial charge in [-0.05, 0) is 175 Å². The van der Waals surface area contributed by atoms with Crippen LogP contribution in [0.15, 0.2) is 112 Å². The minimum Gasteiger partial charge on any atom is -0.460 e. The van der Waals surface area contributed by atoms with E-state index in [0.717, 1.165) is 62.6 Å². The van der Waals surface area contributed by atoms with Crippen LogP contribution in [0, 0.1) is 54.4 Å². The van der Waals surface area contributed by atoms with Crippen LogP contribution >= 0.6 is 0 Å². The number of rotatable bonds is 0. The Kier molecular flexibility index (Phi) is 15.2. The number of Topliss-reactive ketones (excluding diaryl/α,β-unsaturated/α-hetero) is 2. The third-order valence-corrected chi connectivity index (χ3v) is 15.6. The monoisotopic (exact) mass is 982 g/mol. The molecule has 6 aromatic rings. The van der Waals surface area contributed by atoms with E-state index in [1.165, 1.54) is 60.8 Å². The fourth-order valence-electron chi connectivity index (χ4n) is 11.0. The SMILES string of the molecule is CC.CC.CC.CC1=C2C(=O)CC(=O)C2CC=C1.Cc1cc2c(cc1C)C(C)(C)C1(C=Nc3c(cc(C)c4c(C)cccc34)O1)N2.Cc1ccc2c3c(ccc2c1)N=CC1(Nc2cc(C)c(C)cc2C1(C)C)O3.[2HH]. The second-order valence-corrected chi connectivity index (χ2v) is 20.7. The minimum atomic E-state index is -0.693. The Hall–Kier alpha value is -6.80. The lowest BCUT2D eigenvalue weighted by Gasteiger charge is -2.41. The van der Waals surface area contributed by atoms with Crippen molar-refractivity contribution < 1.29 is 20.5 Å². The van der Waals surface area contributed by atoms with E-state index in [9.17, 15) is 9.59 Å². The van der Waals surface area contributed by atoms with Gasteiger partial charge in [0.15, 0.2) is 11.5 Å². The van der Waals surface area contributed by atoms with Crippen LogP contribution in [-0.4, -0.2) is 35.4 Å². The summed E-state index contributed by atoms with van der Waals surface area (Å²) in [6.45, 7) is 37.9. The summed E-state index contributed by atoms with van der Waals surface area (Å²) >= 11 is 0. The standard InChI is InChI=1S/C25H26N2O.C24H24N2O.C10H10O2.3C2H6.H2/c1-14-8-7-9-18-22(14)17(4)12-21-23(18)26-13-25(28-21)24(5,6)19-10-15(2)16(3)11-20(19)27-25;1-14-6-8-18-17(10-14)7-9-20-22(18)27-24(13-25-20)23(4,5)19-11-15(2)16(3)12-21(19)26-24;1-6-3-2-4-7-8(11)5-9(12)10(6)7;3*1-2;/h7-13,27H,1-6H3;6-13,26H,1-5H3;2-3,7H,4-5H2,1H3;3*1-2H3;1H/i;;;;;;1+1. The molecule has 73 heavy (non-hydrogen) atoms. The lowest BCUT2D eigenvalue weighted by Crippen LogP contribution is -2.56. The maximum Gasteiger partial charge on any atom is 0.226 e. The summed E-state index contributed by atoms with van der Waals surface area (Å²) in [5.74, 6) is 1.73. The fourth-order valence-corrected chi connectivity index (χ4v) is 11.0. The van der Waals surface area contributed by atoms with E-state index in [4.69, 9.17) is 19.5 Å². The average molecular weight is 982 g/mol. The van der Waals surface area contributed by atoms with Gasteiger partial charge in [0, 0.05) is 29.1 Å². The average Bonchev–Trinajstić information content (AvgIpc) is 3.86. The number of carbonyl (C=O) groups excluding carboxylic acids is 2. The summed E-state index contributed by atoms with van der Waals surface area (Å²) in [7, 11) is 0. The van der Waals surface area contributed by atoms with E-state index >= 15 is 0 Å². The van der Waals surface area contributed by atoms with Gasteiger partial charge in [0.1, 0.15) is 22.9 Å². The molecule has 3 atom stereocenters. The third kappa shape index (κ3) is 9.10. The second-order valence-electron chi connectivity index (χ2n) is 20.7. The Morgan fingerprint density at radius 2 is 1.18 bits per heavy atom. The number of fused-ring (bicyclic) bond motifs is 9. The minimum absolute atomic E-state index is 0. The fraction of sp³-hybridized carbons (Fsp3) is 0.385. The van der Waals surface area contributed by atoms with Crippen molar-refractivity contribution in [2.24, 2.45) is 15.9 Å². The van der Waals surface area contributed by atoms with E-state index < -0.39 is 11.4 Å². The molecule has 8 heteroatoms. The zero-order chi connectivity index (χ0) is 53.5. The molecule has 0 amide bonds. The van der Waals surface area contributed by atoms with Crippen molar-refractivity contribution in [2.75, 3.05) is 10.6 Å². The highest BCUT2D eigenvalue weighted by atomic mass is 16.5. The first-order valence-electron chi connectivity index (χ1n) is 26.5. The zero-order valence-electron chi connectivity index (χ0n) is 46.8. The maximum atomic E-state index is 11.3. The van der Waals surface area contributed by atoms with Crippen LogP contribution < -0.4 is 20.1 Å².